The van der Waals surface area contributed by atoms with Crippen LogP contribution in [0.25, 0.3) is 0 Å². The Balaban J connectivity index is 1.61. The van der Waals surface area contributed by atoms with E-state index in [0.29, 0.717) is 17.4 Å². The van der Waals surface area contributed by atoms with Crippen molar-refractivity contribution in [1.29, 1.82) is 0 Å². The van der Waals surface area contributed by atoms with E-state index in [1.54, 1.807) is 22.9 Å². The van der Waals surface area contributed by atoms with Crippen molar-refractivity contribution in [2.24, 2.45) is 5.92 Å². The lowest BCUT2D eigenvalue weighted by Gasteiger charge is -2.38. The van der Waals surface area contributed by atoms with Crippen LogP contribution >= 0.6 is 11.6 Å². The minimum atomic E-state index is -0.399. The summed E-state index contributed by atoms with van der Waals surface area (Å²) in [6.45, 7) is 0. The molecule has 3 aromatic rings. The van der Waals surface area contributed by atoms with E-state index >= 15 is 0 Å². The molecule has 0 amide bonds. The van der Waals surface area contributed by atoms with Gasteiger partial charge in [0.2, 0.25) is 5.95 Å². The molecule has 5 rings (SSSR count). The number of anilines is 1. The first-order valence-electron chi connectivity index (χ1n) is 9.02. The third-order valence-corrected chi connectivity index (χ3v) is 5.62. The topological polar surface area (TPSA) is 59.8 Å². The maximum absolute atomic E-state index is 13.3. The van der Waals surface area contributed by atoms with Gasteiger partial charge in [0.05, 0.1) is 12.0 Å². The molecule has 140 valence electrons. The van der Waals surface area contributed by atoms with Crippen molar-refractivity contribution in [2.45, 2.75) is 18.4 Å². The summed E-state index contributed by atoms with van der Waals surface area (Å²) in [6.07, 6.45) is 3.87. The third-order valence-electron chi connectivity index (χ3n) is 5.38. The predicted molar refractivity (Wildman–Crippen MR) is 104 cm³/mol. The highest BCUT2D eigenvalue weighted by atomic mass is 35.5. The average molecular weight is 395 g/mol. The summed E-state index contributed by atoms with van der Waals surface area (Å²) in [5.74, 6) is -0.113. The summed E-state index contributed by atoms with van der Waals surface area (Å²) in [7, 11) is 0. The number of ketones is 1. The molecule has 1 aliphatic heterocycles. The highest BCUT2D eigenvalue weighted by Crippen LogP contribution is 2.44. The van der Waals surface area contributed by atoms with E-state index in [9.17, 15) is 9.18 Å². The first kappa shape index (κ1) is 17.1. The molecule has 0 bridgehead atoms. The van der Waals surface area contributed by atoms with Crippen LogP contribution in [-0.2, 0) is 4.79 Å². The molecule has 1 N–H and O–H groups in total. The van der Waals surface area contributed by atoms with Gasteiger partial charge in [-0.1, -0.05) is 41.9 Å². The Kier molecular flexibility index (Phi) is 4.02. The molecule has 0 unspecified atom stereocenters. The number of nitrogens with zero attached hydrogens (tertiary/aromatic N) is 3. The number of fused-ring (bicyclic) bond motifs is 2. The van der Waals surface area contributed by atoms with E-state index in [2.05, 4.69) is 21.5 Å². The molecule has 5 nitrogen and oxygen atoms in total. The van der Waals surface area contributed by atoms with Gasteiger partial charge in [0, 0.05) is 23.1 Å². The Morgan fingerprint density at radius 3 is 2.75 bits per heavy atom. The Labute approximate surface area is 165 Å². The number of nitrogens with one attached hydrogen (secondary N) is 1. The van der Waals surface area contributed by atoms with Gasteiger partial charge in [-0.25, -0.2) is 9.07 Å². The van der Waals surface area contributed by atoms with Gasteiger partial charge in [-0.05, 0) is 35.4 Å². The Morgan fingerprint density at radius 2 is 1.96 bits per heavy atom. The molecule has 2 aromatic carbocycles. The number of allylic oxidation sites excluding steroid dienone is 2. The second-order valence-electron chi connectivity index (χ2n) is 7.08. The zero-order valence-corrected chi connectivity index (χ0v) is 15.5. The van der Waals surface area contributed by atoms with Crippen molar-refractivity contribution in [3.05, 3.63) is 88.6 Å². The fraction of sp³-hybridized carbons (Fsp3) is 0.190. The molecule has 0 radical (unpaired) electrons. The molecular weight excluding hydrogens is 379 g/mol. The molecule has 0 fully saturated rings. The van der Waals surface area contributed by atoms with E-state index in [1.165, 1.54) is 18.5 Å². The van der Waals surface area contributed by atoms with Gasteiger partial charge in [-0.15, -0.1) is 0 Å². The molecule has 1 aromatic heterocycles. The van der Waals surface area contributed by atoms with E-state index in [4.69, 9.17) is 11.6 Å². The van der Waals surface area contributed by atoms with Crippen LogP contribution in [0.5, 0.6) is 0 Å². The van der Waals surface area contributed by atoms with Crippen LogP contribution in [-0.4, -0.2) is 20.5 Å². The highest BCUT2D eigenvalue weighted by molar-refractivity contribution is 6.30. The highest BCUT2D eigenvalue weighted by Gasteiger charge is 2.43. The first-order chi connectivity index (χ1) is 13.6. The fourth-order valence-electron chi connectivity index (χ4n) is 4.12. The number of hydrogen-bond acceptors (Lipinski definition) is 4. The second kappa shape index (κ2) is 6.56. The van der Waals surface area contributed by atoms with Crippen LogP contribution in [0, 0.1) is 11.7 Å². The quantitative estimate of drug-likeness (QED) is 0.702. The van der Waals surface area contributed by atoms with Gasteiger partial charge >= 0.3 is 0 Å². The smallest absolute Gasteiger partial charge is 0.226 e. The number of aromatic nitrogens is 3. The van der Waals surface area contributed by atoms with Gasteiger partial charge in [-0.2, -0.15) is 10.1 Å². The van der Waals surface area contributed by atoms with Crippen LogP contribution in [0.4, 0.5) is 10.3 Å². The van der Waals surface area contributed by atoms with Crippen molar-refractivity contribution in [3.63, 3.8) is 0 Å². The summed E-state index contributed by atoms with van der Waals surface area (Å²) >= 11 is 6.20. The fourth-order valence-corrected chi connectivity index (χ4v) is 4.32. The SMILES string of the molecule is O=C1C[C@H](c2ccc(F)cc2)C=C2Nc3ncnn3[C@@H](c3cccc(Cl)c3)[C@H]12. The zero-order chi connectivity index (χ0) is 19.3. The number of carbonyl (C=O) groups excluding carboxylic acids is 1. The van der Waals surface area contributed by atoms with Crippen LogP contribution in [0.3, 0.4) is 0 Å². The lowest BCUT2D eigenvalue weighted by Crippen LogP contribution is -2.40. The monoisotopic (exact) mass is 394 g/mol. The van der Waals surface area contributed by atoms with Gasteiger partial charge < -0.3 is 5.32 Å². The van der Waals surface area contributed by atoms with Gasteiger partial charge in [-0.3, -0.25) is 4.79 Å². The first-order valence-corrected chi connectivity index (χ1v) is 9.40. The molecule has 0 saturated carbocycles. The number of hydrogen-bond donors (Lipinski definition) is 1. The van der Waals surface area contributed by atoms with Crippen molar-refractivity contribution in [2.75, 3.05) is 5.32 Å². The van der Waals surface area contributed by atoms with Gasteiger partial charge in [0.1, 0.15) is 17.9 Å². The molecular formula is C21H16ClFN4O. The minimum Gasteiger partial charge on any atom is -0.328 e. The molecule has 1 aliphatic carbocycles. The molecule has 0 saturated heterocycles. The standard InChI is InChI=1S/C21H16ClFN4O/c22-15-3-1-2-13(8-15)20-19-17(26-21-24-11-25-27(20)21)9-14(10-18(19)28)12-4-6-16(23)7-5-12/h1-9,11,14,19-20H,10H2,(H,24,25,26)/t14-,19+,20+/m1/s1. The van der Waals surface area contributed by atoms with Crippen molar-refractivity contribution in [1.82, 2.24) is 14.8 Å². The number of Topliss-reactive ketones (excluding diaryl/α,β-unsaturated/α-hetero) is 1. The molecule has 2 aliphatic rings. The number of benzene rings is 2. The van der Waals surface area contributed by atoms with Gasteiger partial charge in [0.15, 0.2) is 0 Å². The number of halogens is 2. The van der Waals surface area contributed by atoms with Crippen molar-refractivity contribution in [3.8, 4) is 0 Å². The van der Waals surface area contributed by atoms with Crippen LogP contribution < -0.4 is 5.32 Å². The van der Waals surface area contributed by atoms with Crippen molar-refractivity contribution < 1.29 is 9.18 Å². The average Bonchev–Trinajstić information content (AvgIpc) is 3.15. The number of carbonyl (C=O) groups is 1. The summed E-state index contributed by atoms with van der Waals surface area (Å²) < 4.78 is 15.0. The summed E-state index contributed by atoms with van der Waals surface area (Å²) in [5.41, 5.74) is 2.62. The summed E-state index contributed by atoms with van der Waals surface area (Å²) in [4.78, 5) is 17.5. The van der Waals surface area contributed by atoms with Crippen LogP contribution in [0.1, 0.15) is 29.5 Å². The lowest BCUT2D eigenvalue weighted by molar-refractivity contribution is -0.123. The lowest BCUT2D eigenvalue weighted by atomic mass is 9.76. The summed E-state index contributed by atoms with van der Waals surface area (Å²) in [5, 5.41) is 8.20. The maximum atomic E-state index is 13.3. The molecule has 2 heterocycles. The second-order valence-corrected chi connectivity index (χ2v) is 7.52. The molecule has 28 heavy (non-hydrogen) atoms. The zero-order valence-electron chi connectivity index (χ0n) is 14.7. The number of rotatable bonds is 2. The van der Waals surface area contributed by atoms with E-state index in [-0.39, 0.29) is 23.6 Å². The molecule has 0 spiro atoms. The largest absolute Gasteiger partial charge is 0.328 e. The van der Waals surface area contributed by atoms with Gasteiger partial charge in [0.25, 0.3) is 0 Å². The van der Waals surface area contributed by atoms with E-state index in [1.807, 2.05) is 18.2 Å². The van der Waals surface area contributed by atoms with E-state index in [0.717, 1.165) is 16.8 Å². The maximum Gasteiger partial charge on any atom is 0.226 e. The third kappa shape index (κ3) is 2.81. The van der Waals surface area contributed by atoms with Crippen molar-refractivity contribution >= 4 is 23.3 Å². The predicted octanol–water partition coefficient (Wildman–Crippen LogP) is 4.34. The van der Waals surface area contributed by atoms with Crippen LogP contribution in [0.15, 0.2) is 66.6 Å². The molecule has 7 heteroatoms. The van der Waals surface area contributed by atoms with E-state index < -0.39 is 5.92 Å². The minimum absolute atomic E-state index is 0.102. The van der Waals surface area contributed by atoms with Crippen LogP contribution in [0.2, 0.25) is 5.02 Å². The normalized spacial score (nSPS) is 23.4. The Morgan fingerprint density at radius 1 is 1.14 bits per heavy atom. The Bertz CT molecular complexity index is 1090. The summed E-state index contributed by atoms with van der Waals surface area (Å²) in [6, 6.07) is 13.5. The molecule has 3 atom stereocenters. The Hall–Kier alpha value is -2.99.